The molecule has 0 aliphatic carbocycles. The predicted molar refractivity (Wildman–Crippen MR) is 39.5 cm³/mol. The molecule has 3 amide bonds. The summed E-state index contributed by atoms with van der Waals surface area (Å²) in [7, 11) is 3.32. The Balaban J connectivity index is 2.60. The van der Waals surface area contributed by atoms with E-state index in [0.717, 1.165) is 11.3 Å². The van der Waals surface area contributed by atoms with E-state index in [1.54, 1.807) is 0 Å². The van der Waals surface area contributed by atoms with Crippen molar-refractivity contribution in [3.8, 4) is 0 Å². The molecule has 0 atom stereocenters. The van der Waals surface area contributed by atoms with Crippen LogP contribution >= 0.6 is 0 Å². The Kier molecular flexibility index (Phi) is 2.12. The van der Waals surface area contributed by atoms with E-state index in [4.69, 9.17) is 0 Å². The normalized spacial score (nSPS) is 18.4. The van der Waals surface area contributed by atoms with E-state index < -0.39 is 0 Å². The van der Waals surface area contributed by atoms with Crippen molar-refractivity contribution in [1.29, 1.82) is 0 Å². The van der Waals surface area contributed by atoms with Gasteiger partial charge in [0.25, 0.3) is 0 Å². The number of hydrogen-bond donors (Lipinski definition) is 0. The van der Waals surface area contributed by atoms with E-state index in [0.29, 0.717) is 6.54 Å². The van der Waals surface area contributed by atoms with E-state index in [1.165, 1.54) is 4.90 Å². The van der Waals surface area contributed by atoms with Crippen LogP contribution < -0.4 is 0 Å². The number of urea groups is 1. The summed E-state index contributed by atoms with van der Waals surface area (Å²) in [5, 5.41) is 0. The van der Waals surface area contributed by atoms with Gasteiger partial charge in [-0.15, -0.1) is 0 Å². The van der Waals surface area contributed by atoms with Crippen LogP contribution in [-0.4, -0.2) is 34.8 Å². The van der Waals surface area contributed by atoms with Crippen LogP contribution in [0.2, 0.25) is 0 Å². The summed E-state index contributed by atoms with van der Waals surface area (Å²) < 4.78 is 0. The first-order valence-corrected chi connectivity index (χ1v) is 3.59. The van der Waals surface area contributed by atoms with E-state index in [-0.39, 0.29) is 18.5 Å². The number of carbonyl (C=O) groups excluding carboxylic acids is 2. The fourth-order valence-electron chi connectivity index (χ4n) is 1.04. The lowest BCUT2D eigenvalue weighted by Gasteiger charge is -2.12. The molecule has 0 aromatic carbocycles. The van der Waals surface area contributed by atoms with Gasteiger partial charge in [-0.1, -0.05) is 6.92 Å². The molecule has 4 nitrogen and oxygen atoms in total. The Morgan fingerprint density at radius 2 is 2.18 bits per heavy atom. The number of nitrogens with zero attached hydrogens (tertiary/aromatic N) is 2. The summed E-state index contributed by atoms with van der Waals surface area (Å²) in [5.74, 6) is -0.219. The molecule has 0 spiro atoms. The number of amides is 3. The molecule has 1 rings (SSSR count). The predicted octanol–water partition coefficient (Wildman–Crippen LogP) is 0.452. The molecule has 0 saturated carbocycles. The summed E-state index contributed by atoms with van der Waals surface area (Å²) in [4.78, 5) is 24.4. The Morgan fingerprint density at radius 3 is 2.55 bits per heavy atom. The fraction of sp³-hybridized carbons (Fsp3) is 0.571. The molecule has 1 radical (unpaired) electrons. The van der Waals surface area contributed by atoms with Gasteiger partial charge in [-0.3, -0.25) is 9.69 Å². The minimum absolute atomic E-state index is 0.191. The maximum Gasteiger partial charge on any atom is 0.327 e. The van der Waals surface area contributed by atoms with E-state index in [1.807, 2.05) is 6.92 Å². The van der Waals surface area contributed by atoms with E-state index >= 15 is 0 Å². The molecule has 1 aliphatic rings. The third kappa shape index (κ3) is 1.34. The molecule has 1 saturated heterocycles. The Hall–Kier alpha value is -1.06. The smallest absolute Gasteiger partial charge is 0.315 e. The zero-order valence-electron chi connectivity index (χ0n) is 6.54. The van der Waals surface area contributed by atoms with Crippen LogP contribution in [0.4, 0.5) is 4.79 Å². The maximum atomic E-state index is 11.1. The van der Waals surface area contributed by atoms with Gasteiger partial charge < -0.3 is 4.90 Å². The van der Waals surface area contributed by atoms with Gasteiger partial charge in [-0.2, -0.15) is 0 Å². The monoisotopic (exact) mass is 155 g/mol. The molecule has 0 aromatic rings. The zero-order valence-corrected chi connectivity index (χ0v) is 6.54. The molecule has 1 fully saturated rings. The van der Waals surface area contributed by atoms with Gasteiger partial charge in [0.2, 0.25) is 5.91 Å². The lowest BCUT2D eigenvalue weighted by Crippen LogP contribution is -2.29. The van der Waals surface area contributed by atoms with Gasteiger partial charge in [0, 0.05) is 13.6 Å². The third-order valence-electron chi connectivity index (χ3n) is 1.62. The Morgan fingerprint density at radius 1 is 1.55 bits per heavy atom. The standard InChI is InChI=1S/C7H11N2O2/c1-3-4-9-5-6(10)8(2)7(9)11/h2-5H2,1H3. The van der Waals surface area contributed by atoms with Gasteiger partial charge >= 0.3 is 6.03 Å². The lowest BCUT2D eigenvalue weighted by atomic mass is 10.4. The van der Waals surface area contributed by atoms with Gasteiger partial charge in [0.1, 0.15) is 6.54 Å². The van der Waals surface area contributed by atoms with Gasteiger partial charge in [-0.25, -0.2) is 4.79 Å². The molecule has 0 bridgehead atoms. The average Bonchev–Trinajstić information content (AvgIpc) is 2.19. The molecular weight excluding hydrogens is 144 g/mol. The van der Waals surface area contributed by atoms with Gasteiger partial charge in [0.15, 0.2) is 0 Å². The van der Waals surface area contributed by atoms with Crippen molar-refractivity contribution >= 4 is 11.9 Å². The van der Waals surface area contributed by atoms with Crippen molar-refractivity contribution in [1.82, 2.24) is 9.80 Å². The Labute approximate surface area is 65.8 Å². The average molecular weight is 155 g/mol. The van der Waals surface area contributed by atoms with Gasteiger partial charge in [-0.05, 0) is 6.42 Å². The van der Waals surface area contributed by atoms with Crippen molar-refractivity contribution in [2.24, 2.45) is 0 Å². The first kappa shape index (κ1) is 8.04. The number of rotatable bonds is 2. The molecular formula is C7H11N2O2. The lowest BCUT2D eigenvalue weighted by molar-refractivity contribution is -0.123. The van der Waals surface area contributed by atoms with Crippen molar-refractivity contribution in [2.75, 3.05) is 13.1 Å². The van der Waals surface area contributed by atoms with Crippen LogP contribution in [-0.2, 0) is 4.79 Å². The third-order valence-corrected chi connectivity index (χ3v) is 1.62. The highest BCUT2D eigenvalue weighted by atomic mass is 16.2. The quantitative estimate of drug-likeness (QED) is 0.543. The van der Waals surface area contributed by atoms with Crippen LogP contribution in [0.5, 0.6) is 0 Å². The second-order valence-electron chi connectivity index (χ2n) is 2.53. The SMILES string of the molecule is [CH2]N1C(=O)CN(CCC)C1=O. The first-order valence-electron chi connectivity index (χ1n) is 3.59. The first-order chi connectivity index (χ1) is 5.16. The van der Waals surface area contributed by atoms with Crippen molar-refractivity contribution in [2.45, 2.75) is 13.3 Å². The summed E-state index contributed by atoms with van der Waals surface area (Å²) in [5.41, 5.74) is 0. The molecule has 11 heavy (non-hydrogen) atoms. The molecule has 1 aliphatic heterocycles. The molecule has 4 heteroatoms. The fourth-order valence-corrected chi connectivity index (χ4v) is 1.04. The van der Waals surface area contributed by atoms with Crippen LogP contribution in [0.15, 0.2) is 0 Å². The van der Waals surface area contributed by atoms with Crippen LogP contribution in [0.25, 0.3) is 0 Å². The highest BCUT2D eigenvalue weighted by Crippen LogP contribution is 2.08. The van der Waals surface area contributed by atoms with E-state index in [9.17, 15) is 9.59 Å². The van der Waals surface area contributed by atoms with Crippen LogP contribution in [0.3, 0.4) is 0 Å². The zero-order chi connectivity index (χ0) is 8.43. The largest absolute Gasteiger partial charge is 0.327 e. The highest BCUT2D eigenvalue weighted by molar-refractivity contribution is 6.02. The van der Waals surface area contributed by atoms with Gasteiger partial charge in [0.05, 0.1) is 0 Å². The summed E-state index contributed by atoms with van der Waals surface area (Å²) in [6, 6.07) is -0.281. The summed E-state index contributed by atoms with van der Waals surface area (Å²) in [6.45, 7) is 2.79. The molecule has 0 aromatic heterocycles. The molecule has 1 heterocycles. The second-order valence-corrected chi connectivity index (χ2v) is 2.53. The van der Waals surface area contributed by atoms with Crippen molar-refractivity contribution < 1.29 is 9.59 Å². The minimum atomic E-state index is -0.281. The number of imide groups is 1. The molecule has 0 unspecified atom stereocenters. The minimum Gasteiger partial charge on any atom is -0.315 e. The topological polar surface area (TPSA) is 40.6 Å². The summed E-state index contributed by atoms with van der Waals surface area (Å²) in [6.07, 6.45) is 0.868. The highest BCUT2D eigenvalue weighted by Gasteiger charge is 2.31. The van der Waals surface area contributed by atoms with Crippen molar-refractivity contribution in [3.63, 3.8) is 0 Å². The van der Waals surface area contributed by atoms with Crippen LogP contribution in [0.1, 0.15) is 13.3 Å². The Bertz CT molecular complexity index is 191. The maximum absolute atomic E-state index is 11.1. The number of carbonyl (C=O) groups is 2. The van der Waals surface area contributed by atoms with E-state index in [2.05, 4.69) is 7.05 Å². The molecule has 61 valence electrons. The molecule has 0 N–H and O–H groups in total. The van der Waals surface area contributed by atoms with Crippen molar-refractivity contribution in [3.05, 3.63) is 7.05 Å². The van der Waals surface area contributed by atoms with Crippen LogP contribution in [0, 0.1) is 7.05 Å². The number of hydrogen-bond acceptors (Lipinski definition) is 2. The second kappa shape index (κ2) is 2.90. The summed E-state index contributed by atoms with van der Waals surface area (Å²) >= 11 is 0.